The van der Waals surface area contributed by atoms with Crippen molar-refractivity contribution in [3.63, 3.8) is 0 Å². The van der Waals surface area contributed by atoms with E-state index in [4.69, 9.17) is 5.11 Å². The largest absolute Gasteiger partial charge is 0.478 e. The SMILES string of the molecule is C=C(CNC(C)c1ccccn1)C(=O)O. The molecule has 0 bridgehead atoms. The molecular weight excluding hydrogens is 192 g/mol. The molecule has 0 aromatic carbocycles. The van der Waals surface area contributed by atoms with Gasteiger partial charge >= 0.3 is 5.97 Å². The average molecular weight is 206 g/mol. The Kier molecular flexibility index (Phi) is 4.00. The standard InChI is InChI=1S/C11H14N2O2/c1-8(11(14)15)7-13-9(2)10-5-3-4-6-12-10/h3-6,9,13H,1,7H2,2H3,(H,14,15). The molecule has 0 fully saturated rings. The highest BCUT2D eigenvalue weighted by molar-refractivity contribution is 5.86. The van der Waals surface area contributed by atoms with E-state index in [-0.39, 0.29) is 18.2 Å². The second kappa shape index (κ2) is 5.26. The average Bonchev–Trinajstić information content (AvgIpc) is 2.26. The van der Waals surface area contributed by atoms with Crippen LogP contribution in [0.1, 0.15) is 18.7 Å². The molecule has 0 spiro atoms. The van der Waals surface area contributed by atoms with Gasteiger partial charge < -0.3 is 10.4 Å². The smallest absolute Gasteiger partial charge is 0.332 e. The number of nitrogens with one attached hydrogen (secondary N) is 1. The number of rotatable bonds is 5. The normalized spacial score (nSPS) is 12.1. The lowest BCUT2D eigenvalue weighted by Crippen LogP contribution is -2.24. The molecule has 1 heterocycles. The van der Waals surface area contributed by atoms with Crippen LogP contribution in [-0.2, 0) is 4.79 Å². The van der Waals surface area contributed by atoms with Crippen molar-refractivity contribution in [2.24, 2.45) is 0 Å². The highest BCUT2D eigenvalue weighted by Gasteiger charge is 2.08. The second-order valence-electron chi connectivity index (χ2n) is 3.27. The van der Waals surface area contributed by atoms with Crippen LogP contribution < -0.4 is 5.32 Å². The van der Waals surface area contributed by atoms with Crippen molar-refractivity contribution in [1.29, 1.82) is 0 Å². The van der Waals surface area contributed by atoms with Crippen LogP contribution in [0, 0.1) is 0 Å². The Hall–Kier alpha value is -1.68. The molecule has 0 aliphatic rings. The van der Waals surface area contributed by atoms with Gasteiger partial charge in [-0.3, -0.25) is 4.98 Å². The molecule has 4 heteroatoms. The van der Waals surface area contributed by atoms with Crippen LogP contribution in [-0.4, -0.2) is 22.6 Å². The van der Waals surface area contributed by atoms with Crippen molar-refractivity contribution in [3.8, 4) is 0 Å². The third-order valence-electron chi connectivity index (χ3n) is 2.06. The topological polar surface area (TPSA) is 62.2 Å². The maximum absolute atomic E-state index is 10.5. The third-order valence-corrected chi connectivity index (χ3v) is 2.06. The molecule has 1 aromatic heterocycles. The summed E-state index contributed by atoms with van der Waals surface area (Å²) in [6.07, 6.45) is 1.71. The molecule has 0 aliphatic carbocycles. The molecule has 1 unspecified atom stereocenters. The summed E-state index contributed by atoms with van der Waals surface area (Å²) in [5, 5.41) is 11.6. The van der Waals surface area contributed by atoms with Gasteiger partial charge in [-0.05, 0) is 19.1 Å². The van der Waals surface area contributed by atoms with E-state index in [0.717, 1.165) is 5.69 Å². The van der Waals surface area contributed by atoms with E-state index in [1.807, 2.05) is 25.1 Å². The lowest BCUT2D eigenvalue weighted by atomic mass is 10.2. The Morgan fingerprint density at radius 1 is 1.67 bits per heavy atom. The van der Waals surface area contributed by atoms with E-state index in [2.05, 4.69) is 16.9 Å². The maximum atomic E-state index is 10.5. The second-order valence-corrected chi connectivity index (χ2v) is 3.27. The first kappa shape index (κ1) is 11.4. The number of carboxylic acid groups (broad SMARTS) is 1. The number of aromatic nitrogens is 1. The van der Waals surface area contributed by atoms with Crippen molar-refractivity contribution < 1.29 is 9.90 Å². The number of pyridine rings is 1. The maximum Gasteiger partial charge on any atom is 0.332 e. The Balaban J connectivity index is 2.47. The minimum Gasteiger partial charge on any atom is -0.478 e. The van der Waals surface area contributed by atoms with Gasteiger partial charge in [0.05, 0.1) is 5.69 Å². The first-order chi connectivity index (χ1) is 7.11. The predicted octanol–water partition coefficient (Wildman–Crippen LogP) is 1.37. The van der Waals surface area contributed by atoms with Gasteiger partial charge in [0.25, 0.3) is 0 Å². The van der Waals surface area contributed by atoms with Crippen LogP contribution in [0.2, 0.25) is 0 Å². The fraction of sp³-hybridized carbons (Fsp3) is 0.273. The zero-order valence-electron chi connectivity index (χ0n) is 8.60. The molecule has 4 nitrogen and oxygen atoms in total. The first-order valence-corrected chi connectivity index (χ1v) is 4.66. The van der Waals surface area contributed by atoms with Gasteiger partial charge in [0.1, 0.15) is 0 Å². The van der Waals surface area contributed by atoms with E-state index in [0.29, 0.717) is 0 Å². The van der Waals surface area contributed by atoms with Gasteiger partial charge in [-0.15, -0.1) is 0 Å². The quantitative estimate of drug-likeness (QED) is 0.714. The van der Waals surface area contributed by atoms with E-state index in [9.17, 15) is 4.79 Å². The lowest BCUT2D eigenvalue weighted by Gasteiger charge is -2.12. The summed E-state index contributed by atoms with van der Waals surface area (Å²) in [6, 6.07) is 5.64. The highest BCUT2D eigenvalue weighted by Crippen LogP contribution is 2.07. The summed E-state index contributed by atoms with van der Waals surface area (Å²) in [6.45, 7) is 5.62. The highest BCUT2D eigenvalue weighted by atomic mass is 16.4. The van der Waals surface area contributed by atoms with Gasteiger partial charge in [0, 0.05) is 24.4 Å². The summed E-state index contributed by atoms with van der Waals surface area (Å²) in [5.74, 6) is -0.976. The van der Waals surface area contributed by atoms with Crippen molar-refractivity contribution >= 4 is 5.97 Å². The van der Waals surface area contributed by atoms with Crippen molar-refractivity contribution in [1.82, 2.24) is 10.3 Å². The van der Waals surface area contributed by atoms with Crippen molar-refractivity contribution in [3.05, 3.63) is 42.2 Å². The molecule has 80 valence electrons. The summed E-state index contributed by atoms with van der Waals surface area (Å²) in [4.78, 5) is 14.7. The van der Waals surface area contributed by atoms with Gasteiger partial charge in [-0.25, -0.2) is 4.79 Å². The fourth-order valence-electron chi connectivity index (χ4n) is 1.09. The Morgan fingerprint density at radius 2 is 2.40 bits per heavy atom. The molecule has 0 aliphatic heterocycles. The number of carbonyl (C=O) groups is 1. The summed E-state index contributed by atoms with van der Waals surface area (Å²) in [5.41, 5.74) is 1.04. The molecule has 0 amide bonds. The number of nitrogens with zero attached hydrogens (tertiary/aromatic N) is 1. The summed E-state index contributed by atoms with van der Waals surface area (Å²) >= 11 is 0. The summed E-state index contributed by atoms with van der Waals surface area (Å²) < 4.78 is 0. The molecule has 0 radical (unpaired) electrons. The molecule has 2 N–H and O–H groups in total. The van der Waals surface area contributed by atoms with Gasteiger partial charge in [0.15, 0.2) is 0 Å². The van der Waals surface area contributed by atoms with Gasteiger partial charge in [-0.2, -0.15) is 0 Å². The summed E-state index contributed by atoms with van der Waals surface area (Å²) in [7, 11) is 0. The van der Waals surface area contributed by atoms with Crippen LogP contribution in [0.4, 0.5) is 0 Å². The Morgan fingerprint density at radius 3 is 2.93 bits per heavy atom. The Bertz CT molecular complexity index is 349. The van der Waals surface area contributed by atoms with Crippen molar-refractivity contribution in [2.45, 2.75) is 13.0 Å². The predicted molar refractivity (Wildman–Crippen MR) is 57.4 cm³/mol. The molecule has 0 saturated carbocycles. The molecule has 0 saturated heterocycles. The third kappa shape index (κ3) is 3.52. The first-order valence-electron chi connectivity index (χ1n) is 4.66. The van der Waals surface area contributed by atoms with Crippen LogP contribution >= 0.6 is 0 Å². The van der Waals surface area contributed by atoms with E-state index in [1.54, 1.807) is 6.20 Å². The number of hydrogen-bond acceptors (Lipinski definition) is 3. The Labute approximate surface area is 88.7 Å². The number of hydrogen-bond donors (Lipinski definition) is 2. The minimum absolute atomic E-state index is 0.0160. The molecular formula is C11H14N2O2. The fourth-order valence-corrected chi connectivity index (χ4v) is 1.09. The molecule has 1 rings (SSSR count). The monoisotopic (exact) mass is 206 g/mol. The van der Waals surface area contributed by atoms with Crippen LogP contribution in [0.25, 0.3) is 0 Å². The molecule has 1 aromatic rings. The van der Waals surface area contributed by atoms with E-state index >= 15 is 0 Å². The molecule has 15 heavy (non-hydrogen) atoms. The van der Waals surface area contributed by atoms with Crippen LogP contribution in [0.5, 0.6) is 0 Å². The van der Waals surface area contributed by atoms with E-state index in [1.165, 1.54) is 0 Å². The lowest BCUT2D eigenvalue weighted by molar-refractivity contribution is -0.132. The number of carboxylic acids is 1. The van der Waals surface area contributed by atoms with Gasteiger partial charge in [-0.1, -0.05) is 12.6 Å². The van der Waals surface area contributed by atoms with Crippen LogP contribution in [0.3, 0.4) is 0 Å². The van der Waals surface area contributed by atoms with Crippen LogP contribution in [0.15, 0.2) is 36.5 Å². The van der Waals surface area contributed by atoms with Crippen molar-refractivity contribution in [2.75, 3.05) is 6.54 Å². The van der Waals surface area contributed by atoms with Gasteiger partial charge in [0.2, 0.25) is 0 Å². The molecule has 1 atom stereocenters. The minimum atomic E-state index is -0.976. The zero-order chi connectivity index (χ0) is 11.3. The number of aliphatic carboxylic acids is 1. The zero-order valence-corrected chi connectivity index (χ0v) is 8.60. The van der Waals surface area contributed by atoms with E-state index < -0.39 is 5.97 Å².